The number of carboxylic acids is 1. The number of rotatable bonds is 5. The van der Waals surface area contributed by atoms with Gasteiger partial charge in [-0.3, -0.25) is 0 Å². The molecule has 7 heteroatoms. The third-order valence-electron chi connectivity index (χ3n) is 2.94. The van der Waals surface area contributed by atoms with Crippen LogP contribution in [-0.4, -0.2) is 53.5 Å². The maximum Gasteiger partial charge on any atom is 0.328 e. The summed E-state index contributed by atoms with van der Waals surface area (Å²) in [5, 5.41) is 9.24. The number of nitrogens with zero attached hydrogens (tertiary/aromatic N) is 3. The van der Waals surface area contributed by atoms with Gasteiger partial charge >= 0.3 is 5.97 Å². The number of carbonyl (C=O) groups is 1. The lowest BCUT2D eigenvalue weighted by atomic mass is 10.2. The summed E-state index contributed by atoms with van der Waals surface area (Å²) in [5.41, 5.74) is 0.747. The van der Waals surface area contributed by atoms with Gasteiger partial charge in [-0.2, -0.15) is 4.98 Å². The number of aliphatic carboxylic acids is 1. The van der Waals surface area contributed by atoms with Gasteiger partial charge < -0.3 is 19.5 Å². The molecule has 2 rings (SSSR count). The highest BCUT2D eigenvalue weighted by atomic mass is 16.5. The Morgan fingerprint density at radius 2 is 2.40 bits per heavy atom. The zero-order chi connectivity index (χ0) is 14.5. The van der Waals surface area contributed by atoms with E-state index < -0.39 is 12.0 Å². The second-order valence-electron chi connectivity index (χ2n) is 4.62. The molecule has 0 aromatic carbocycles. The summed E-state index contributed by atoms with van der Waals surface area (Å²) in [6.07, 6.45) is 0.883. The molecule has 110 valence electrons. The summed E-state index contributed by atoms with van der Waals surface area (Å²) in [6.45, 7) is 5.47. The van der Waals surface area contributed by atoms with E-state index >= 15 is 0 Å². The minimum absolute atomic E-state index is 0.137. The Morgan fingerprint density at radius 3 is 3.10 bits per heavy atom. The van der Waals surface area contributed by atoms with Crippen molar-refractivity contribution in [1.82, 2.24) is 9.97 Å². The molecule has 0 aliphatic carbocycles. The second-order valence-corrected chi connectivity index (χ2v) is 4.62. The number of hydrogen-bond acceptors (Lipinski definition) is 6. The van der Waals surface area contributed by atoms with Crippen molar-refractivity contribution in [3.63, 3.8) is 0 Å². The van der Waals surface area contributed by atoms with Crippen molar-refractivity contribution in [2.45, 2.75) is 26.3 Å². The molecular formula is C13H19N3O4. The summed E-state index contributed by atoms with van der Waals surface area (Å²) < 4.78 is 10.7. The number of aromatic nitrogens is 2. The van der Waals surface area contributed by atoms with Crippen molar-refractivity contribution in [2.75, 3.05) is 31.3 Å². The molecule has 1 aromatic rings. The Hall–Kier alpha value is -1.89. The number of anilines is 1. The first-order valence-corrected chi connectivity index (χ1v) is 6.67. The smallest absolute Gasteiger partial charge is 0.328 e. The van der Waals surface area contributed by atoms with Crippen LogP contribution in [0.3, 0.4) is 0 Å². The van der Waals surface area contributed by atoms with Crippen molar-refractivity contribution in [1.29, 1.82) is 0 Å². The Morgan fingerprint density at radius 1 is 1.60 bits per heavy atom. The maximum atomic E-state index is 11.3. The van der Waals surface area contributed by atoms with Gasteiger partial charge in [0.15, 0.2) is 6.04 Å². The second kappa shape index (κ2) is 6.51. The van der Waals surface area contributed by atoms with E-state index in [1.165, 1.54) is 0 Å². The SMILES string of the molecule is CCCOc1cc(C)nc(N2CCOCC2C(=O)O)n1. The van der Waals surface area contributed by atoms with Crippen LogP contribution in [-0.2, 0) is 9.53 Å². The van der Waals surface area contributed by atoms with Crippen LogP contribution in [0.4, 0.5) is 5.95 Å². The summed E-state index contributed by atoms with van der Waals surface area (Å²) >= 11 is 0. The van der Waals surface area contributed by atoms with Crippen molar-refractivity contribution < 1.29 is 19.4 Å². The molecule has 2 heterocycles. The predicted octanol–water partition coefficient (Wildman–Crippen LogP) is 0.864. The molecule has 20 heavy (non-hydrogen) atoms. The normalized spacial score (nSPS) is 18.9. The molecule has 1 atom stereocenters. The molecule has 1 aliphatic heterocycles. The van der Waals surface area contributed by atoms with E-state index in [1.54, 1.807) is 11.0 Å². The third kappa shape index (κ3) is 3.36. The lowest BCUT2D eigenvalue weighted by Gasteiger charge is -2.32. The van der Waals surface area contributed by atoms with E-state index in [-0.39, 0.29) is 6.61 Å². The van der Waals surface area contributed by atoms with Crippen molar-refractivity contribution in [2.24, 2.45) is 0 Å². The van der Waals surface area contributed by atoms with Crippen molar-refractivity contribution in [3.8, 4) is 5.88 Å². The highest BCUT2D eigenvalue weighted by Gasteiger charge is 2.31. The summed E-state index contributed by atoms with van der Waals surface area (Å²) in [7, 11) is 0. The summed E-state index contributed by atoms with van der Waals surface area (Å²) in [4.78, 5) is 21.5. The number of aryl methyl sites for hydroxylation is 1. The molecular weight excluding hydrogens is 262 g/mol. The van der Waals surface area contributed by atoms with Gasteiger partial charge in [-0.25, -0.2) is 9.78 Å². The third-order valence-corrected chi connectivity index (χ3v) is 2.94. The molecule has 0 radical (unpaired) electrons. The van der Waals surface area contributed by atoms with Crippen LogP contribution in [0.5, 0.6) is 5.88 Å². The molecule has 1 aromatic heterocycles. The Labute approximate surface area is 117 Å². The standard InChI is InChI=1S/C13H19N3O4/c1-3-5-20-11-7-9(2)14-13(15-11)16-4-6-19-8-10(16)12(17)18/h7,10H,3-6,8H2,1-2H3,(H,17,18). The fraction of sp³-hybridized carbons (Fsp3) is 0.615. The lowest BCUT2D eigenvalue weighted by Crippen LogP contribution is -2.50. The molecule has 7 nitrogen and oxygen atoms in total. The average Bonchev–Trinajstić information content (AvgIpc) is 2.44. The van der Waals surface area contributed by atoms with Gasteiger partial charge in [-0.15, -0.1) is 0 Å². The van der Waals surface area contributed by atoms with Gasteiger partial charge in [-0.05, 0) is 13.3 Å². The van der Waals surface area contributed by atoms with Gasteiger partial charge in [-0.1, -0.05) is 6.92 Å². The molecule has 0 saturated carbocycles. The molecule has 1 unspecified atom stereocenters. The van der Waals surface area contributed by atoms with Gasteiger partial charge in [0.05, 0.1) is 19.8 Å². The monoisotopic (exact) mass is 281 g/mol. The van der Waals surface area contributed by atoms with Crippen LogP contribution in [0.15, 0.2) is 6.07 Å². The maximum absolute atomic E-state index is 11.3. The zero-order valence-electron chi connectivity index (χ0n) is 11.7. The van der Waals surface area contributed by atoms with Gasteiger partial charge in [0, 0.05) is 18.3 Å². The van der Waals surface area contributed by atoms with Crippen LogP contribution in [0.2, 0.25) is 0 Å². The Balaban J connectivity index is 2.25. The Bertz CT molecular complexity index is 481. The molecule has 1 saturated heterocycles. The highest BCUT2D eigenvalue weighted by Crippen LogP contribution is 2.20. The van der Waals surface area contributed by atoms with E-state index in [2.05, 4.69) is 9.97 Å². The van der Waals surface area contributed by atoms with E-state index in [0.29, 0.717) is 31.6 Å². The van der Waals surface area contributed by atoms with Crippen LogP contribution < -0.4 is 9.64 Å². The number of carboxylic acid groups (broad SMARTS) is 1. The van der Waals surface area contributed by atoms with Gasteiger partial charge in [0.1, 0.15) is 0 Å². The molecule has 1 aliphatic rings. The number of morpholine rings is 1. The fourth-order valence-corrected chi connectivity index (χ4v) is 1.98. The van der Waals surface area contributed by atoms with Crippen molar-refractivity contribution in [3.05, 3.63) is 11.8 Å². The van der Waals surface area contributed by atoms with Crippen molar-refractivity contribution >= 4 is 11.9 Å². The topological polar surface area (TPSA) is 84.8 Å². The minimum Gasteiger partial charge on any atom is -0.480 e. The van der Waals surface area contributed by atoms with Crippen LogP contribution in [0.1, 0.15) is 19.0 Å². The predicted molar refractivity (Wildman–Crippen MR) is 72.1 cm³/mol. The quantitative estimate of drug-likeness (QED) is 0.856. The van der Waals surface area contributed by atoms with Crippen LogP contribution in [0, 0.1) is 6.92 Å². The summed E-state index contributed by atoms with van der Waals surface area (Å²) in [5.74, 6) is -0.0809. The molecule has 1 N–H and O–H groups in total. The first-order valence-electron chi connectivity index (χ1n) is 6.67. The zero-order valence-corrected chi connectivity index (χ0v) is 11.7. The molecule has 1 fully saturated rings. The molecule has 0 amide bonds. The minimum atomic E-state index is -0.939. The fourth-order valence-electron chi connectivity index (χ4n) is 1.98. The highest BCUT2D eigenvalue weighted by molar-refractivity contribution is 5.77. The summed E-state index contributed by atoms with van der Waals surface area (Å²) in [6, 6.07) is 0.986. The lowest BCUT2D eigenvalue weighted by molar-refractivity contribution is -0.141. The van der Waals surface area contributed by atoms with Crippen LogP contribution in [0.25, 0.3) is 0 Å². The largest absolute Gasteiger partial charge is 0.480 e. The van der Waals surface area contributed by atoms with E-state index in [0.717, 1.165) is 12.1 Å². The Kier molecular flexibility index (Phi) is 4.73. The van der Waals surface area contributed by atoms with Crippen LogP contribution >= 0.6 is 0 Å². The average molecular weight is 281 g/mol. The number of ether oxygens (including phenoxy) is 2. The first-order chi connectivity index (χ1) is 9.61. The number of hydrogen-bond donors (Lipinski definition) is 1. The molecule has 0 bridgehead atoms. The van der Waals surface area contributed by atoms with Gasteiger partial charge in [0.25, 0.3) is 0 Å². The van der Waals surface area contributed by atoms with E-state index in [9.17, 15) is 9.90 Å². The van der Waals surface area contributed by atoms with E-state index in [4.69, 9.17) is 9.47 Å². The van der Waals surface area contributed by atoms with Gasteiger partial charge in [0.2, 0.25) is 11.8 Å². The first kappa shape index (κ1) is 14.5. The van der Waals surface area contributed by atoms with E-state index in [1.807, 2.05) is 13.8 Å². The molecule has 0 spiro atoms.